The van der Waals surface area contributed by atoms with Crippen LogP contribution in [0.1, 0.15) is 5.56 Å². The Balaban J connectivity index is 1.61. The van der Waals surface area contributed by atoms with Gasteiger partial charge in [0.2, 0.25) is 10.0 Å². The molecule has 0 saturated carbocycles. The summed E-state index contributed by atoms with van der Waals surface area (Å²) >= 11 is 1.38. The van der Waals surface area contributed by atoms with E-state index in [1.807, 2.05) is 0 Å². The lowest BCUT2D eigenvalue weighted by molar-refractivity contribution is 0.343. The molecule has 27 heavy (non-hydrogen) atoms. The molecule has 0 aliphatic heterocycles. The standard InChI is InChI=1S/C18H17N3O4S2/c1-21(2)27(22,23)15-7-8-17-16(11-15)20-18(25-17)26-10-9-24-14-5-3-13(12-19)4-6-14/h3-8,11H,9-10H2,1-2H3. The van der Waals surface area contributed by atoms with Gasteiger partial charge in [-0.3, -0.25) is 0 Å². The molecule has 9 heteroatoms. The molecule has 0 radical (unpaired) electrons. The summed E-state index contributed by atoms with van der Waals surface area (Å²) in [5.74, 6) is 1.29. The first kappa shape index (κ1) is 19.2. The zero-order valence-corrected chi connectivity index (χ0v) is 16.4. The Morgan fingerprint density at radius 1 is 1.22 bits per heavy atom. The lowest BCUT2D eigenvalue weighted by atomic mass is 10.2. The molecule has 0 aliphatic rings. The molecule has 0 N–H and O–H groups in total. The van der Waals surface area contributed by atoms with Gasteiger partial charge in [0.1, 0.15) is 11.3 Å². The molecule has 2 aromatic carbocycles. The van der Waals surface area contributed by atoms with Crippen LogP contribution in [0.15, 0.2) is 57.0 Å². The van der Waals surface area contributed by atoms with E-state index in [1.54, 1.807) is 30.3 Å². The van der Waals surface area contributed by atoms with Gasteiger partial charge >= 0.3 is 0 Å². The van der Waals surface area contributed by atoms with E-state index >= 15 is 0 Å². The summed E-state index contributed by atoms with van der Waals surface area (Å²) in [6.45, 7) is 0.440. The molecule has 0 spiro atoms. The first-order valence-corrected chi connectivity index (χ1v) is 10.4. The van der Waals surface area contributed by atoms with Crippen molar-refractivity contribution in [2.45, 2.75) is 10.1 Å². The highest BCUT2D eigenvalue weighted by Gasteiger charge is 2.19. The molecule has 1 heterocycles. The van der Waals surface area contributed by atoms with Crippen LogP contribution in [-0.4, -0.2) is 44.2 Å². The van der Waals surface area contributed by atoms with Gasteiger partial charge in [0.25, 0.3) is 5.22 Å². The molecule has 0 fully saturated rings. The fourth-order valence-corrected chi connectivity index (χ4v) is 3.81. The van der Waals surface area contributed by atoms with Crippen molar-refractivity contribution in [1.29, 1.82) is 5.26 Å². The van der Waals surface area contributed by atoms with Gasteiger partial charge in [-0.2, -0.15) is 5.26 Å². The Labute approximate surface area is 161 Å². The van der Waals surface area contributed by atoms with Crippen LogP contribution >= 0.6 is 11.8 Å². The van der Waals surface area contributed by atoms with Crippen LogP contribution in [0.25, 0.3) is 11.1 Å². The maximum atomic E-state index is 12.2. The number of sulfonamides is 1. The topological polar surface area (TPSA) is 96.4 Å². The maximum absolute atomic E-state index is 12.2. The van der Waals surface area contributed by atoms with E-state index in [1.165, 1.54) is 38.0 Å². The molecule has 1 aromatic heterocycles. The number of nitrogens with zero attached hydrogens (tertiary/aromatic N) is 3. The van der Waals surface area contributed by atoms with E-state index in [0.717, 1.165) is 4.31 Å². The molecular weight excluding hydrogens is 386 g/mol. The number of hydrogen-bond acceptors (Lipinski definition) is 7. The minimum absolute atomic E-state index is 0.175. The van der Waals surface area contributed by atoms with Gasteiger partial charge in [-0.25, -0.2) is 17.7 Å². The highest BCUT2D eigenvalue weighted by Crippen LogP contribution is 2.26. The Hall–Kier alpha value is -2.54. The molecule has 3 rings (SSSR count). The van der Waals surface area contributed by atoms with Crippen molar-refractivity contribution in [3.8, 4) is 11.8 Å². The van der Waals surface area contributed by atoms with Crippen LogP contribution in [0, 0.1) is 11.3 Å². The lowest BCUT2D eigenvalue weighted by Gasteiger charge is -2.10. The average Bonchev–Trinajstić information content (AvgIpc) is 3.07. The van der Waals surface area contributed by atoms with Gasteiger partial charge < -0.3 is 9.15 Å². The Morgan fingerprint density at radius 2 is 1.96 bits per heavy atom. The van der Waals surface area contributed by atoms with E-state index in [0.29, 0.717) is 40.0 Å². The number of benzene rings is 2. The second-order valence-corrected chi connectivity index (χ2v) is 8.93. The van der Waals surface area contributed by atoms with Crippen molar-refractivity contribution in [3.05, 3.63) is 48.0 Å². The lowest BCUT2D eigenvalue weighted by Crippen LogP contribution is -2.22. The summed E-state index contributed by atoms with van der Waals surface area (Å²) in [4.78, 5) is 4.51. The number of aromatic nitrogens is 1. The van der Waals surface area contributed by atoms with Crippen molar-refractivity contribution in [2.75, 3.05) is 26.5 Å². The number of rotatable bonds is 7. The average molecular weight is 403 g/mol. The first-order valence-electron chi connectivity index (χ1n) is 7.99. The normalized spacial score (nSPS) is 11.6. The Morgan fingerprint density at radius 3 is 2.63 bits per heavy atom. The third-order valence-electron chi connectivity index (χ3n) is 3.68. The van der Waals surface area contributed by atoms with Crippen LogP contribution < -0.4 is 4.74 Å². The maximum Gasteiger partial charge on any atom is 0.256 e. The predicted octanol–water partition coefficient (Wildman–Crippen LogP) is 3.12. The van der Waals surface area contributed by atoms with Crippen molar-refractivity contribution in [3.63, 3.8) is 0 Å². The van der Waals surface area contributed by atoms with Crippen molar-refractivity contribution < 1.29 is 17.6 Å². The van der Waals surface area contributed by atoms with Gasteiger partial charge in [-0.05, 0) is 42.5 Å². The summed E-state index contributed by atoms with van der Waals surface area (Å²) in [6, 6.07) is 13.6. The van der Waals surface area contributed by atoms with Crippen LogP contribution in [0.3, 0.4) is 0 Å². The van der Waals surface area contributed by atoms with Gasteiger partial charge in [-0.15, -0.1) is 0 Å². The molecule has 0 aliphatic carbocycles. The largest absolute Gasteiger partial charge is 0.493 e. The van der Waals surface area contributed by atoms with Crippen LogP contribution in [-0.2, 0) is 10.0 Å². The van der Waals surface area contributed by atoms with Gasteiger partial charge in [0.05, 0.1) is 23.1 Å². The first-order chi connectivity index (χ1) is 12.9. The van der Waals surface area contributed by atoms with Gasteiger partial charge in [0.15, 0.2) is 5.58 Å². The highest BCUT2D eigenvalue weighted by molar-refractivity contribution is 7.99. The summed E-state index contributed by atoms with van der Waals surface area (Å²) in [7, 11) is -0.544. The van der Waals surface area contributed by atoms with Crippen LogP contribution in [0.4, 0.5) is 0 Å². The van der Waals surface area contributed by atoms with E-state index in [9.17, 15) is 8.42 Å². The van der Waals surface area contributed by atoms with E-state index in [2.05, 4.69) is 11.1 Å². The van der Waals surface area contributed by atoms with Crippen molar-refractivity contribution in [1.82, 2.24) is 9.29 Å². The van der Waals surface area contributed by atoms with Crippen molar-refractivity contribution >= 4 is 32.9 Å². The summed E-state index contributed by atoms with van der Waals surface area (Å²) in [5, 5.41) is 9.22. The summed E-state index contributed by atoms with van der Waals surface area (Å²) in [5.41, 5.74) is 1.61. The number of ether oxygens (including phenoxy) is 1. The Kier molecular flexibility index (Phi) is 5.70. The summed E-state index contributed by atoms with van der Waals surface area (Å²) < 4.78 is 36.8. The van der Waals surface area contributed by atoms with E-state index in [-0.39, 0.29) is 4.90 Å². The fraction of sp³-hybridized carbons (Fsp3) is 0.222. The monoisotopic (exact) mass is 403 g/mol. The van der Waals surface area contributed by atoms with E-state index in [4.69, 9.17) is 14.4 Å². The smallest absolute Gasteiger partial charge is 0.256 e. The number of thioether (sulfide) groups is 1. The zero-order valence-electron chi connectivity index (χ0n) is 14.7. The highest BCUT2D eigenvalue weighted by atomic mass is 32.2. The number of hydrogen-bond donors (Lipinski definition) is 0. The number of fused-ring (bicyclic) bond motifs is 1. The molecule has 0 unspecified atom stereocenters. The van der Waals surface area contributed by atoms with Gasteiger partial charge in [-0.1, -0.05) is 11.8 Å². The molecule has 140 valence electrons. The molecule has 0 saturated heterocycles. The van der Waals surface area contributed by atoms with Crippen LogP contribution in [0.5, 0.6) is 5.75 Å². The number of oxazole rings is 1. The zero-order chi connectivity index (χ0) is 19.4. The van der Waals surface area contributed by atoms with Crippen molar-refractivity contribution in [2.24, 2.45) is 0 Å². The molecule has 3 aromatic rings. The van der Waals surface area contributed by atoms with Crippen LogP contribution in [0.2, 0.25) is 0 Å². The Bertz CT molecular complexity index is 1080. The second-order valence-electron chi connectivity index (χ2n) is 5.73. The van der Waals surface area contributed by atoms with Gasteiger partial charge in [0, 0.05) is 19.8 Å². The quantitative estimate of drug-likeness (QED) is 0.442. The fourth-order valence-electron chi connectivity index (χ4n) is 2.23. The second kappa shape index (κ2) is 8.00. The summed E-state index contributed by atoms with van der Waals surface area (Å²) in [6.07, 6.45) is 0. The third kappa shape index (κ3) is 4.42. The minimum Gasteiger partial charge on any atom is -0.493 e. The molecule has 0 bridgehead atoms. The SMILES string of the molecule is CN(C)S(=O)(=O)c1ccc2oc(SCCOc3ccc(C#N)cc3)nc2c1. The molecule has 0 atom stereocenters. The number of nitriles is 1. The minimum atomic E-state index is -3.51. The van der Waals surface area contributed by atoms with E-state index < -0.39 is 10.0 Å². The molecule has 0 amide bonds. The molecule has 7 nitrogen and oxygen atoms in total. The molecular formula is C18H17N3O4S2. The third-order valence-corrected chi connectivity index (χ3v) is 6.28. The predicted molar refractivity (Wildman–Crippen MR) is 102 cm³/mol.